The van der Waals surface area contributed by atoms with E-state index in [-0.39, 0.29) is 0 Å². The fourth-order valence-electron chi connectivity index (χ4n) is 1.79. The van der Waals surface area contributed by atoms with Gasteiger partial charge in [0.05, 0.1) is 6.21 Å². The van der Waals surface area contributed by atoms with E-state index < -0.39 is 5.60 Å². The van der Waals surface area contributed by atoms with Gasteiger partial charge in [-0.15, -0.1) is 0 Å². The van der Waals surface area contributed by atoms with Crippen LogP contribution in [0.4, 0.5) is 0 Å². The Morgan fingerprint density at radius 3 is 2.73 bits per heavy atom. The Morgan fingerprint density at radius 2 is 2.07 bits per heavy atom. The van der Waals surface area contributed by atoms with Crippen LogP contribution in [0.15, 0.2) is 4.99 Å². The molecule has 1 saturated carbocycles. The van der Waals surface area contributed by atoms with Gasteiger partial charge in [0.15, 0.2) is 0 Å². The largest absolute Gasteiger partial charge is 0.378 e. The van der Waals surface area contributed by atoms with Crippen LogP contribution in [0.5, 0.6) is 0 Å². The Kier molecular flexibility index (Phi) is 5.42. The lowest BCUT2D eigenvalue weighted by atomic mass is 9.85. The van der Waals surface area contributed by atoms with Crippen molar-refractivity contribution in [2.45, 2.75) is 57.5 Å². The van der Waals surface area contributed by atoms with E-state index in [0.29, 0.717) is 0 Å². The van der Waals surface area contributed by atoms with Gasteiger partial charge in [0.2, 0.25) is 0 Å². The van der Waals surface area contributed by atoms with E-state index in [2.05, 4.69) is 23.8 Å². The predicted octanol–water partition coefficient (Wildman–Crippen LogP) is 2.56. The van der Waals surface area contributed by atoms with Crippen molar-refractivity contribution in [2.75, 3.05) is 6.54 Å². The van der Waals surface area contributed by atoms with Gasteiger partial charge >= 0.3 is 0 Å². The molecule has 2 heteroatoms. The van der Waals surface area contributed by atoms with Crippen LogP contribution in [0.2, 0.25) is 0 Å². The molecule has 1 aliphatic carbocycles. The summed E-state index contributed by atoms with van der Waals surface area (Å²) in [5.74, 6) is 5.79. The summed E-state index contributed by atoms with van der Waals surface area (Å²) in [7, 11) is 0. The van der Waals surface area contributed by atoms with Gasteiger partial charge in [-0.05, 0) is 32.1 Å². The first-order valence-corrected chi connectivity index (χ1v) is 6.00. The SMILES string of the molecule is CCCCN=CC#CC1(O)CCCCC1. The monoisotopic (exact) mass is 207 g/mol. The van der Waals surface area contributed by atoms with Crippen LogP contribution in [0.1, 0.15) is 51.9 Å². The minimum atomic E-state index is -0.727. The fourth-order valence-corrected chi connectivity index (χ4v) is 1.79. The van der Waals surface area contributed by atoms with Crippen LogP contribution < -0.4 is 0 Å². The first-order chi connectivity index (χ1) is 7.27. The summed E-state index contributed by atoms with van der Waals surface area (Å²) < 4.78 is 0. The minimum absolute atomic E-state index is 0.727. The number of rotatable bonds is 3. The molecule has 0 heterocycles. The number of hydrogen-bond acceptors (Lipinski definition) is 2. The van der Waals surface area contributed by atoms with E-state index in [9.17, 15) is 5.11 Å². The molecule has 0 aromatic carbocycles. The second-order valence-corrected chi connectivity index (χ2v) is 4.25. The van der Waals surface area contributed by atoms with Gasteiger partial charge in [0.25, 0.3) is 0 Å². The molecule has 1 rings (SSSR count). The maximum atomic E-state index is 10.0. The Morgan fingerprint density at radius 1 is 1.33 bits per heavy atom. The normalized spacial score (nSPS) is 19.9. The van der Waals surface area contributed by atoms with Crippen molar-refractivity contribution < 1.29 is 5.11 Å². The molecule has 1 aliphatic rings. The maximum absolute atomic E-state index is 10.0. The molecule has 2 nitrogen and oxygen atoms in total. The van der Waals surface area contributed by atoms with Gasteiger partial charge in [0.1, 0.15) is 5.60 Å². The van der Waals surface area contributed by atoms with Crippen molar-refractivity contribution in [3.05, 3.63) is 0 Å². The average molecular weight is 207 g/mol. The quantitative estimate of drug-likeness (QED) is 0.430. The van der Waals surface area contributed by atoms with Crippen LogP contribution in [-0.2, 0) is 0 Å². The number of nitrogens with zero attached hydrogens (tertiary/aromatic N) is 1. The molecule has 1 N–H and O–H groups in total. The predicted molar refractivity (Wildman–Crippen MR) is 64.1 cm³/mol. The first kappa shape index (κ1) is 12.3. The zero-order valence-corrected chi connectivity index (χ0v) is 9.63. The highest BCUT2D eigenvalue weighted by Crippen LogP contribution is 2.26. The van der Waals surface area contributed by atoms with E-state index in [1.54, 1.807) is 6.21 Å². The summed E-state index contributed by atoms with van der Waals surface area (Å²) in [5, 5.41) is 10.0. The molecule has 0 bridgehead atoms. The van der Waals surface area contributed by atoms with Crippen molar-refractivity contribution in [3.63, 3.8) is 0 Å². The molecule has 1 fully saturated rings. The zero-order valence-electron chi connectivity index (χ0n) is 9.63. The molecule has 0 aromatic heterocycles. The fraction of sp³-hybridized carbons (Fsp3) is 0.769. The molecular weight excluding hydrogens is 186 g/mol. The van der Waals surface area contributed by atoms with Crippen molar-refractivity contribution in [3.8, 4) is 11.8 Å². The Bertz CT molecular complexity index is 253. The lowest BCUT2D eigenvalue weighted by Crippen LogP contribution is -2.29. The third-order valence-electron chi connectivity index (χ3n) is 2.78. The smallest absolute Gasteiger partial charge is 0.125 e. The molecule has 0 amide bonds. The lowest BCUT2D eigenvalue weighted by molar-refractivity contribution is 0.0611. The molecule has 0 atom stereocenters. The molecular formula is C13H21NO. The highest BCUT2D eigenvalue weighted by Gasteiger charge is 2.26. The average Bonchev–Trinajstić information content (AvgIpc) is 2.24. The topological polar surface area (TPSA) is 32.6 Å². The van der Waals surface area contributed by atoms with Gasteiger partial charge in [0, 0.05) is 6.54 Å². The van der Waals surface area contributed by atoms with Crippen LogP contribution in [-0.4, -0.2) is 23.5 Å². The van der Waals surface area contributed by atoms with E-state index in [1.807, 2.05) is 0 Å². The molecule has 84 valence electrons. The van der Waals surface area contributed by atoms with E-state index in [0.717, 1.165) is 45.1 Å². The van der Waals surface area contributed by atoms with Gasteiger partial charge in [-0.3, -0.25) is 4.99 Å². The first-order valence-electron chi connectivity index (χ1n) is 6.00. The number of unbranched alkanes of at least 4 members (excludes halogenated alkanes) is 1. The molecule has 0 unspecified atom stereocenters. The van der Waals surface area contributed by atoms with Gasteiger partial charge in [-0.1, -0.05) is 31.6 Å². The minimum Gasteiger partial charge on any atom is -0.378 e. The van der Waals surface area contributed by atoms with Gasteiger partial charge in [-0.25, -0.2) is 0 Å². The number of hydrogen-bond donors (Lipinski definition) is 1. The summed E-state index contributed by atoms with van der Waals surface area (Å²) in [6.07, 6.45) is 8.98. The van der Waals surface area contributed by atoms with Gasteiger partial charge in [-0.2, -0.15) is 0 Å². The van der Waals surface area contributed by atoms with Crippen molar-refractivity contribution >= 4 is 6.21 Å². The van der Waals surface area contributed by atoms with Crippen LogP contribution in [0, 0.1) is 11.8 Å². The Labute approximate surface area is 92.8 Å². The van der Waals surface area contributed by atoms with Crippen molar-refractivity contribution in [1.82, 2.24) is 0 Å². The summed E-state index contributed by atoms with van der Waals surface area (Å²) in [6.45, 7) is 3.00. The van der Waals surface area contributed by atoms with E-state index >= 15 is 0 Å². The molecule has 0 spiro atoms. The summed E-state index contributed by atoms with van der Waals surface area (Å²) >= 11 is 0. The summed E-state index contributed by atoms with van der Waals surface area (Å²) in [4.78, 5) is 4.17. The lowest BCUT2D eigenvalue weighted by Gasteiger charge is -2.26. The van der Waals surface area contributed by atoms with Crippen LogP contribution >= 0.6 is 0 Å². The number of aliphatic imine (C=N–C) groups is 1. The Balaban J connectivity index is 2.32. The third kappa shape index (κ3) is 4.99. The van der Waals surface area contributed by atoms with E-state index in [1.165, 1.54) is 6.42 Å². The van der Waals surface area contributed by atoms with E-state index in [4.69, 9.17) is 0 Å². The Hall–Kier alpha value is -0.810. The zero-order chi connectivity index (χ0) is 11.0. The van der Waals surface area contributed by atoms with Crippen molar-refractivity contribution in [2.24, 2.45) is 4.99 Å². The molecule has 15 heavy (non-hydrogen) atoms. The molecule has 0 saturated heterocycles. The third-order valence-corrected chi connectivity index (χ3v) is 2.78. The summed E-state index contributed by atoms with van der Waals surface area (Å²) in [5.41, 5.74) is -0.727. The molecule has 0 radical (unpaired) electrons. The van der Waals surface area contributed by atoms with Crippen LogP contribution in [0.25, 0.3) is 0 Å². The summed E-state index contributed by atoms with van der Waals surface area (Å²) in [6, 6.07) is 0. The standard InChI is InChI=1S/C13H21NO/c1-2-3-11-14-12-7-10-13(15)8-5-4-6-9-13/h12,15H,2-6,8-9,11H2,1H3. The second kappa shape index (κ2) is 6.63. The molecule has 0 aromatic rings. The number of aliphatic hydroxyl groups is 1. The van der Waals surface area contributed by atoms with Crippen molar-refractivity contribution in [1.29, 1.82) is 0 Å². The maximum Gasteiger partial charge on any atom is 0.125 e. The van der Waals surface area contributed by atoms with Gasteiger partial charge < -0.3 is 5.11 Å². The van der Waals surface area contributed by atoms with Crippen LogP contribution in [0.3, 0.4) is 0 Å². The highest BCUT2D eigenvalue weighted by atomic mass is 16.3. The molecule has 0 aliphatic heterocycles. The second-order valence-electron chi connectivity index (χ2n) is 4.25. The highest BCUT2D eigenvalue weighted by molar-refractivity contribution is 5.78.